The number of ether oxygens (including phenoxy) is 1. The molecule has 0 radical (unpaired) electrons. The highest BCUT2D eigenvalue weighted by Gasteiger charge is 2.35. The first-order chi connectivity index (χ1) is 16.4. The fourth-order valence-electron chi connectivity index (χ4n) is 4.41. The SMILES string of the molecule is COc1ccc2c(c1F)C(=O)N(C[C@H](NC(=O)NC=O)c1cc3c4c(ccc3o1)CNC4=O)C2. The normalized spacial score (nSPS) is 15.1. The fraction of sp³-hybridized carbons (Fsp3) is 0.217. The van der Waals surface area contributed by atoms with E-state index in [9.17, 15) is 23.6 Å². The van der Waals surface area contributed by atoms with Crippen LogP contribution >= 0.6 is 0 Å². The number of nitrogens with zero attached hydrogens (tertiary/aromatic N) is 1. The number of amides is 5. The average Bonchev–Trinajstić information content (AvgIpc) is 3.49. The molecule has 3 heterocycles. The maximum Gasteiger partial charge on any atom is 0.321 e. The van der Waals surface area contributed by atoms with Gasteiger partial charge in [0.2, 0.25) is 6.41 Å². The van der Waals surface area contributed by atoms with Crippen LogP contribution in [-0.4, -0.2) is 42.8 Å². The Morgan fingerprint density at radius 3 is 2.82 bits per heavy atom. The molecule has 0 saturated heterocycles. The van der Waals surface area contributed by atoms with Crippen LogP contribution < -0.4 is 20.7 Å². The van der Waals surface area contributed by atoms with E-state index < -0.39 is 23.8 Å². The van der Waals surface area contributed by atoms with Crippen LogP contribution in [0.3, 0.4) is 0 Å². The van der Waals surface area contributed by atoms with Gasteiger partial charge >= 0.3 is 6.03 Å². The average molecular weight is 466 g/mol. The molecule has 0 fully saturated rings. The van der Waals surface area contributed by atoms with Crippen molar-refractivity contribution in [3.05, 3.63) is 64.2 Å². The number of fused-ring (bicyclic) bond motifs is 4. The van der Waals surface area contributed by atoms with Crippen molar-refractivity contribution in [2.75, 3.05) is 13.7 Å². The Bertz CT molecular complexity index is 1370. The minimum atomic E-state index is -0.893. The Balaban J connectivity index is 1.49. The zero-order valence-electron chi connectivity index (χ0n) is 17.9. The smallest absolute Gasteiger partial charge is 0.321 e. The van der Waals surface area contributed by atoms with Crippen molar-refractivity contribution in [3.8, 4) is 5.75 Å². The van der Waals surface area contributed by atoms with E-state index in [0.717, 1.165) is 5.56 Å². The lowest BCUT2D eigenvalue weighted by Crippen LogP contribution is -2.42. The molecule has 2 aromatic carbocycles. The largest absolute Gasteiger partial charge is 0.494 e. The number of urea groups is 1. The molecule has 10 nitrogen and oxygen atoms in total. The van der Waals surface area contributed by atoms with Gasteiger partial charge in [0.05, 0.1) is 18.2 Å². The molecule has 3 N–H and O–H groups in total. The molecule has 2 aliphatic heterocycles. The van der Waals surface area contributed by atoms with Gasteiger partial charge in [0.25, 0.3) is 11.8 Å². The molecule has 0 bridgehead atoms. The molecule has 5 amide bonds. The number of imide groups is 1. The molecule has 0 aliphatic carbocycles. The van der Waals surface area contributed by atoms with E-state index in [0.29, 0.717) is 28.6 Å². The summed E-state index contributed by atoms with van der Waals surface area (Å²) < 4.78 is 25.6. The van der Waals surface area contributed by atoms with Gasteiger partial charge in [-0.1, -0.05) is 12.1 Å². The number of carbonyl (C=O) groups excluding carboxylic acids is 4. The predicted molar refractivity (Wildman–Crippen MR) is 116 cm³/mol. The second kappa shape index (κ2) is 8.18. The Hall–Kier alpha value is -4.41. The van der Waals surface area contributed by atoms with Gasteiger partial charge in [-0.3, -0.25) is 19.7 Å². The number of hydrogen-bond acceptors (Lipinski definition) is 6. The topological polar surface area (TPSA) is 130 Å². The summed E-state index contributed by atoms with van der Waals surface area (Å²) in [5, 5.41) is 7.91. The van der Waals surface area contributed by atoms with E-state index in [1.165, 1.54) is 18.1 Å². The highest BCUT2D eigenvalue weighted by Crippen LogP contribution is 2.34. The first kappa shape index (κ1) is 21.4. The molecule has 0 unspecified atom stereocenters. The molecule has 0 spiro atoms. The lowest BCUT2D eigenvalue weighted by molar-refractivity contribution is -0.108. The first-order valence-corrected chi connectivity index (χ1v) is 10.4. The summed E-state index contributed by atoms with van der Waals surface area (Å²) in [6, 6.07) is 6.49. The lowest BCUT2D eigenvalue weighted by Gasteiger charge is -2.23. The summed E-state index contributed by atoms with van der Waals surface area (Å²) in [5.74, 6) is -1.32. The van der Waals surface area contributed by atoms with Gasteiger partial charge < -0.3 is 24.7 Å². The maximum atomic E-state index is 14.7. The summed E-state index contributed by atoms with van der Waals surface area (Å²) in [4.78, 5) is 49.5. The first-order valence-electron chi connectivity index (χ1n) is 10.4. The number of methoxy groups -OCH3 is 1. The molecule has 3 aromatic rings. The van der Waals surface area contributed by atoms with Crippen LogP contribution in [0.4, 0.5) is 9.18 Å². The van der Waals surface area contributed by atoms with Crippen molar-refractivity contribution in [2.24, 2.45) is 0 Å². The maximum absolute atomic E-state index is 14.7. The van der Waals surface area contributed by atoms with Gasteiger partial charge in [-0.25, -0.2) is 9.18 Å². The predicted octanol–water partition coefficient (Wildman–Crippen LogP) is 1.98. The zero-order valence-corrected chi connectivity index (χ0v) is 17.9. The van der Waals surface area contributed by atoms with Crippen LogP contribution in [0.15, 0.2) is 34.7 Å². The minimum absolute atomic E-state index is 0.0431. The highest BCUT2D eigenvalue weighted by atomic mass is 19.1. The number of carbonyl (C=O) groups is 4. The van der Waals surface area contributed by atoms with Crippen LogP contribution in [0.25, 0.3) is 11.0 Å². The molecule has 2 aliphatic rings. The number of halogens is 1. The van der Waals surface area contributed by atoms with Gasteiger partial charge in [-0.2, -0.15) is 0 Å². The molecule has 174 valence electrons. The van der Waals surface area contributed by atoms with Crippen molar-refractivity contribution in [2.45, 2.75) is 19.1 Å². The zero-order chi connectivity index (χ0) is 24.0. The van der Waals surface area contributed by atoms with Crippen LogP contribution in [0.5, 0.6) is 5.75 Å². The van der Waals surface area contributed by atoms with E-state index in [2.05, 4.69) is 10.6 Å². The van der Waals surface area contributed by atoms with Gasteiger partial charge in [-0.05, 0) is 29.3 Å². The monoisotopic (exact) mass is 466 g/mol. The van der Waals surface area contributed by atoms with E-state index in [1.54, 1.807) is 24.3 Å². The number of benzene rings is 2. The Kier molecular flexibility index (Phi) is 5.16. The molecule has 0 saturated carbocycles. The van der Waals surface area contributed by atoms with Gasteiger partial charge in [0.1, 0.15) is 17.4 Å². The van der Waals surface area contributed by atoms with E-state index in [1.807, 2.05) is 5.32 Å². The van der Waals surface area contributed by atoms with Gasteiger partial charge in [0, 0.05) is 25.0 Å². The highest BCUT2D eigenvalue weighted by molar-refractivity contribution is 6.09. The molecule has 5 rings (SSSR count). The molecule has 1 aromatic heterocycles. The standard InChI is InChI=1S/C23H19FN4O6/c1-33-16-5-3-12-8-28(22(31)19(12)20(16)24)9-14(27-23(32)26-10-29)17-6-13-15(34-17)4-2-11-7-25-21(30)18(11)13/h2-6,10,14H,7-9H2,1H3,(H,25,30)(H2,26,27,29,32)/t14-/m0/s1. The van der Waals surface area contributed by atoms with Crippen molar-refractivity contribution < 1.29 is 32.7 Å². The molecular formula is C23H19FN4O6. The third-order valence-corrected chi connectivity index (χ3v) is 5.99. The van der Waals surface area contributed by atoms with E-state index in [-0.39, 0.29) is 42.5 Å². The van der Waals surface area contributed by atoms with Gasteiger partial charge in [0.15, 0.2) is 11.6 Å². The number of rotatable bonds is 6. The Labute approximate surface area is 192 Å². The van der Waals surface area contributed by atoms with Crippen molar-refractivity contribution in [1.82, 2.24) is 20.9 Å². The van der Waals surface area contributed by atoms with Crippen LogP contribution in [0.1, 0.15) is 43.6 Å². The molecular weight excluding hydrogens is 447 g/mol. The Morgan fingerprint density at radius 2 is 2.06 bits per heavy atom. The molecule has 11 heteroatoms. The summed E-state index contributed by atoms with van der Waals surface area (Å²) in [5.41, 5.74) is 2.14. The van der Waals surface area contributed by atoms with Crippen molar-refractivity contribution in [1.29, 1.82) is 0 Å². The van der Waals surface area contributed by atoms with Gasteiger partial charge in [-0.15, -0.1) is 0 Å². The Morgan fingerprint density at radius 1 is 1.26 bits per heavy atom. The summed E-state index contributed by atoms with van der Waals surface area (Å²) in [6.07, 6.45) is 0.223. The van der Waals surface area contributed by atoms with Crippen LogP contribution in [0, 0.1) is 5.82 Å². The van der Waals surface area contributed by atoms with Crippen LogP contribution in [0.2, 0.25) is 0 Å². The number of hydrogen-bond donors (Lipinski definition) is 3. The fourth-order valence-corrected chi connectivity index (χ4v) is 4.41. The quantitative estimate of drug-likeness (QED) is 0.477. The van der Waals surface area contributed by atoms with E-state index >= 15 is 0 Å². The number of furan rings is 1. The number of nitrogens with one attached hydrogen (secondary N) is 3. The van der Waals surface area contributed by atoms with Crippen LogP contribution in [-0.2, 0) is 17.9 Å². The minimum Gasteiger partial charge on any atom is -0.494 e. The second-order valence-corrected chi connectivity index (χ2v) is 7.93. The third kappa shape index (κ3) is 3.41. The third-order valence-electron chi connectivity index (χ3n) is 5.99. The molecule has 1 atom stereocenters. The van der Waals surface area contributed by atoms with E-state index in [4.69, 9.17) is 9.15 Å². The van der Waals surface area contributed by atoms with Crippen molar-refractivity contribution >= 4 is 35.2 Å². The molecule has 34 heavy (non-hydrogen) atoms. The lowest BCUT2D eigenvalue weighted by atomic mass is 10.0. The summed E-state index contributed by atoms with van der Waals surface area (Å²) >= 11 is 0. The van der Waals surface area contributed by atoms with Crippen molar-refractivity contribution in [3.63, 3.8) is 0 Å². The summed E-state index contributed by atoms with van der Waals surface area (Å²) in [7, 11) is 1.31. The summed E-state index contributed by atoms with van der Waals surface area (Å²) in [6.45, 7) is 0.444. The second-order valence-electron chi connectivity index (χ2n) is 7.93.